The van der Waals surface area contributed by atoms with Crippen molar-refractivity contribution in [3.05, 3.63) is 65.2 Å². The number of rotatable bonds is 6. The molecule has 0 aliphatic heterocycles. The van der Waals surface area contributed by atoms with Crippen LogP contribution in [-0.4, -0.2) is 24.8 Å². The highest BCUT2D eigenvalue weighted by Gasteiger charge is 2.30. The lowest BCUT2D eigenvalue weighted by Gasteiger charge is -2.10. The zero-order valence-corrected chi connectivity index (χ0v) is 14.4. The third-order valence-electron chi connectivity index (χ3n) is 2.98. The van der Waals surface area contributed by atoms with E-state index in [1.807, 2.05) is 0 Å². The fraction of sp³-hybridized carbons (Fsp3) is 0.111. The first-order valence-corrected chi connectivity index (χ1v) is 7.85. The smallest absolute Gasteiger partial charge is 0.452 e. The van der Waals surface area contributed by atoms with Gasteiger partial charge in [0.25, 0.3) is 5.91 Å². The Morgan fingerprint density at radius 1 is 1.11 bits per heavy atom. The van der Waals surface area contributed by atoms with Crippen LogP contribution in [0.15, 0.2) is 54.6 Å². The second kappa shape index (κ2) is 9.09. The minimum atomic E-state index is -4.79. The Balaban J connectivity index is 1.79. The molecule has 0 aliphatic carbocycles. The van der Waals surface area contributed by atoms with Gasteiger partial charge in [-0.1, -0.05) is 23.7 Å². The third kappa shape index (κ3) is 7.83. The summed E-state index contributed by atoms with van der Waals surface area (Å²) in [6.07, 6.45) is -2.18. The van der Waals surface area contributed by atoms with Crippen molar-refractivity contribution in [2.24, 2.45) is 0 Å². The van der Waals surface area contributed by atoms with Crippen LogP contribution in [0.4, 0.5) is 18.9 Å². The maximum Gasteiger partial charge on any atom is 0.573 e. The van der Waals surface area contributed by atoms with E-state index in [1.54, 1.807) is 24.3 Å². The largest absolute Gasteiger partial charge is 0.573 e. The third-order valence-corrected chi connectivity index (χ3v) is 3.21. The van der Waals surface area contributed by atoms with Crippen LogP contribution in [0, 0.1) is 0 Å². The Hall–Kier alpha value is -3.00. The minimum Gasteiger partial charge on any atom is -0.452 e. The van der Waals surface area contributed by atoms with E-state index in [1.165, 1.54) is 18.2 Å². The Bertz CT molecular complexity index is 835. The van der Waals surface area contributed by atoms with Crippen molar-refractivity contribution in [2.75, 3.05) is 11.9 Å². The van der Waals surface area contributed by atoms with E-state index in [4.69, 9.17) is 16.3 Å². The molecule has 5 nitrogen and oxygen atoms in total. The first kappa shape index (κ1) is 20.3. The molecule has 0 spiro atoms. The summed E-state index contributed by atoms with van der Waals surface area (Å²) < 4.78 is 44.7. The van der Waals surface area contributed by atoms with Gasteiger partial charge < -0.3 is 14.8 Å². The lowest BCUT2D eigenvalue weighted by atomic mass is 10.2. The van der Waals surface area contributed by atoms with E-state index < -0.39 is 30.6 Å². The zero-order chi connectivity index (χ0) is 19.9. The molecule has 9 heteroatoms. The van der Waals surface area contributed by atoms with Crippen LogP contribution in [0.5, 0.6) is 5.75 Å². The summed E-state index contributed by atoms with van der Waals surface area (Å²) >= 11 is 5.81. The molecule has 0 saturated carbocycles. The number of amides is 1. The molecule has 0 bridgehead atoms. The molecule has 0 saturated heterocycles. The fourth-order valence-corrected chi connectivity index (χ4v) is 2.10. The summed E-state index contributed by atoms with van der Waals surface area (Å²) in [7, 11) is 0. The van der Waals surface area contributed by atoms with E-state index in [-0.39, 0.29) is 5.69 Å². The van der Waals surface area contributed by atoms with E-state index in [9.17, 15) is 22.8 Å². The number of alkyl halides is 3. The Labute approximate surface area is 157 Å². The van der Waals surface area contributed by atoms with Crippen molar-refractivity contribution in [3.63, 3.8) is 0 Å². The van der Waals surface area contributed by atoms with Gasteiger partial charge in [0.1, 0.15) is 5.75 Å². The van der Waals surface area contributed by atoms with Crippen LogP contribution in [0.3, 0.4) is 0 Å². The maximum atomic E-state index is 12.1. The SMILES string of the molecule is O=C(COC(=O)/C=C/c1cccc(Cl)c1)Nc1ccc(OC(F)(F)F)cc1. The first-order valence-electron chi connectivity index (χ1n) is 7.47. The predicted molar refractivity (Wildman–Crippen MR) is 93.2 cm³/mol. The topological polar surface area (TPSA) is 64.6 Å². The summed E-state index contributed by atoms with van der Waals surface area (Å²) in [6.45, 7) is -0.556. The molecular formula is C18H13ClF3NO4. The quantitative estimate of drug-likeness (QED) is 0.576. The highest BCUT2D eigenvalue weighted by Crippen LogP contribution is 2.23. The van der Waals surface area contributed by atoms with Gasteiger partial charge in [0.05, 0.1) is 0 Å². The van der Waals surface area contributed by atoms with E-state index in [0.29, 0.717) is 10.6 Å². The van der Waals surface area contributed by atoms with Crippen LogP contribution >= 0.6 is 11.6 Å². The number of benzene rings is 2. The molecule has 1 N–H and O–H groups in total. The summed E-state index contributed by atoms with van der Waals surface area (Å²) in [5, 5.41) is 2.88. The number of nitrogens with one attached hydrogen (secondary N) is 1. The highest BCUT2D eigenvalue weighted by molar-refractivity contribution is 6.30. The van der Waals surface area contributed by atoms with E-state index in [2.05, 4.69) is 10.1 Å². The van der Waals surface area contributed by atoms with Crippen LogP contribution in [0.1, 0.15) is 5.56 Å². The van der Waals surface area contributed by atoms with Crippen molar-refractivity contribution in [1.29, 1.82) is 0 Å². The number of ether oxygens (including phenoxy) is 2. The summed E-state index contributed by atoms with van der Waals surface area (Å²) in [4.78, 5) is 23.3. The first-order chi connectivity index (χ1) is 12.7. The van der Waals surface area contributed by atoms with Gasteiger partial charge in [0.2, 0.25) is 0 Å². The molecule has 0 fully saturated rings. The van der Waals surface area contributed by atoms with Gasteiger partial charge in [-0.3, -0.25) is 4.79 Å². The fourth-order valence-electron chi connectivity index (χ4n) is 1.90. The normalized spacial score (nSPS) is 11.3. The molecule has 2 rings (SSSR count). The van der Waals surface area contributed by atoms with Gasteiger partial charge >= 0.3 is 12.3 Å². The number of esters is 1. The van der Waals surface area contributed by atoms with Gasteiger partial charge in [0.15, 0.2) is 6.61 Å². The minimum absolute atomic E-state index is 0.222. The predicted octanol–water partition coefficient (Wildman–Crippen LogP) is 4.43. The molecule has 2 aromatic rings. The molecule has 27 heavy (non-hydrogen) atoms. The number of carbonyl (C=O) groups excluding carboxylic acids is 2. The molecule has 0 heterocycles. The average Bonchev–Trinajstić information content (AvgIpc) is 2.59. The zero-order valence-electron chi connectivity index (χ0n) is 13.6. The molecule has 0 aliphatic rings. The lowest BCUT2D eigenvalue weighted by molar-refractivity contribution is -0.274. The highest BCUT2D eigenvalue weighted by atomic mass is 35.5. The van der Waals surface area contributed by atoms with Crippen molar-refractivity contribution >= 4 is 35.2 Å². The number of hydrogen-bond donors (Lipinski definition) is 1. The molecule has 0 aromatic heterocycles. The summed E-state index contributed by atoms with van der Waals surface area (Å²) in [5.74, 6) is -1.80. The molecule has 0 radical (unpaired) electrons. The van der Waals surface area contributed by atoms with Crippen molar-refractivity contribution in [3.8, 4) is 5.75 Å². The van der Waals surface area contributed by atoms with Gasteiger partial charge in [0, 0.05) is 16.8 Å². The Kier molecular flexibility index (Phi) is 6.84. The van der Waals surface area contributed by atoms with Gasteiger partial charge in [-0.25, -0.2) is 4.79 Å². The molecule has 2 aromatic carbocycles. The molecule has 0 unspecified atom stereocenters. The number of anilines is 1. The second-order valence-corrected chi connectivity index (χ2v) is 5.55. The Morgan fingerprint density at radius 2 is 1.81 bits per heavy atom. The summed E-state index contributed by atoms with van der Waals surface area (Å²) in [5.41, 5.74) is 0.908. The molecule has 0 atom stereocenters. The lowest BCUT2D eigenvalue weighted by Crippen LogP contribution is -2.20. The monoisotopic (exact) mass is 399 g/mol. The molecule has 1 amide bonds. The summed E-state index contributed by atoms with van der Waals surface area (Å²) in [6, 6.07) is 11.3. The van der Waals surface area contributed by atoms with Gasteiger partial charge in [-0.15, -0.1) is 13.2 Å². The maximum absolute atomic E-state index is 12.1. The van der Waals surface area contributed by atoms with E-state index >= 15 is 0 Å². The second-order valence-electron chi connectivity index (χ2n) is 5.12. The molecule has 142 valence electrons. The molecular weight excluding hydrogens is 387 g/mol. The van der Waals surface area contributed by atoms with E-state index in [0.717, 1.165) is 18.2 Å². The average molecular weight is 400 g/mol. The number of hydrogen-bond acceptors (Lipinski definition) is 4. The number of halogens is 4. The van der Waals surface area contributed by atoms with Crippen molar-refractivity contribution in [1.82, 2.24) is 0 Å². The van der Waals surface area contributed by atoms with Gasteiger partial charge in [-0.2, -0.15) is 0 Å². The van der Waals surface area contributed by atoms with Crippen molar-refractivity contribution < 1.29 is 32.2 Å². The van der Waals surface area contributed by atoms with Crippen molar-refractivity contribution in [2.45, 2.75) is 6.36 Å². The van der Waals surface area contributed by atoms with Crippen LogP contribution in [0.25, 0.3) is 6.08 Å². The standard InChI is InChI=1S/C18H13ClF3NO4/c19-13-3-1-2-12(10-13)4-9-17(25)26-11-16(24)23-14-5-7-15(8-6-14)27-18(20,21)22/h1-10H,11H2,(H,23,24)/b9-4+. The van der Waals surface area contributed by atoms with Gasteiger partial charge in [-0.05, 0) is 48.0 Å². The Morgan fingerprint density at radius 3 is 2.44 bits per heavy atom. The van der Waals surface area contributed by atoms with Crippen LogP contribution < -0.4 is 10.1 Å². The number of carbonyl (C=O) groups is 2. The van der Waals surface area contributed by atoms with Crippen LogP contribution in [0.2, 0.25) is 5.02 Å². The van der Waals surface area contributed by atoms with Crippen LogP contribution in [-0.2, 0) is 14.3 Å².